The highest BCUT2D eigenvalue weighted by Crippen LogP contribution is 2.35. The largest absolute Gasteiger partial charge is 0.462 e. The summed E-state index contributed by atoms with van der Waals surface area (Å²) in [6.07, 6.45) is 1.85. The van der Waals surface area contributed by atoms with Gasteiger partial charge >= 0.3 is 12.6 Å². The molecule has 0 aliphatic rings. The summed E-state index contributed by atoms with van der Waals surface area (Å²) < 4.78 is 62.7. The number of nitrogens with zero attached hydrogens (tertiary/aromatic N) is 1. The van der Waals surface area contributed by atoms with Crippen LogP contribution in [0, 0.1) is 11.6 Å². The Kier molecular flexibility index (Phi) is 5.00. The number of carbonyl (C=O) groups is 1. The number of ether oxygens (including phenoxy) is 2. The number of pyridine rings is 1. The van der Waals surface area contributed by atoms with Crippen LogP contribution in [0.1, 0.15) is 17.3 Å². The van der Waals surface area contributed by atoms with Crippen LogP contribution >= 0.6 is 0 Å². The van der Waals surface area contributed by atoms with Gasteiger partial charge in [-0.1, -0.05) is 6.58 Å². The third kappa shape index (κ3) is 3.02. The summed E-state index contributed by atoms with van der Waals surface area (Å²) in [4.78, 5) is 24.3. The molecule has 2 N–H and O–H groups in total. The second kappa shape index (κ2) is 6.83. The van der Waals surface area contributed by atoms with E-state index in [1.807, 2.05) is 0 Å². The molecule has 25 heavy (non-hydrogen) atoms. The quantitative estimate of drug-likeness (QED) is 0.504. The molecule has 0 amide bonds. The molecule has 10 heteroatoms. The Morgan fingerprint density at radius 3 is 2.56 bits per heavy atom. The maximum atomic E-state index is 14.0. The molecule has 0 unspecified atom stereocenters. The Morgan fingerprint density at radius 2 is 2.04 bits per heavy atom. The SMILES string of the molecule is C=Cn1cc(C(=O)OCC)c(=O)c2c(N)c(F)c(F)c(OC(F)F)c21. The summed E-state index contributed by atoms with van der Waals surface area (Å²) in [5.41, 5.74) is 2.19. The van der Waals surface area contributed by atoms with E-state index in [0.29, 0.717) is 0 Å². The van der Waals surface area contributed by atoms with Crippen LogP contribution in [0.4, 0.5) is 23.2 Å². The number of fused-ring (bicyclic) bond motifs is 1. The number of halogens is 4. The molecule has 0 fully saturated rings. The molecule has 0 radical (unpaired) electrons. The van der Waals surface area contributed by atoms with Crippen LogP contribution in [-0.4, -0.2) is 23.8 Å². The lowest BCUT2D eigenvalue weighted by atomic mass is 10.1. The fourth-order valence-electron chi connectivity index (χ4n) is 2.24. The number of benzene rings is 1. The van der Waals surface area contributed by atoms with Crippen molar-refractivity contribution < 1.29 is 31.8 Å². The Bertz CT molecular complexity index is 924. The van der Waals surface area contributed by atoms with Crippen LogP contribution in [-0.2, 0) is 4.74 Å². The first-order valence-electron chi connectivity index (χ1n) is 6.84. The van der Waals surface area contributed by atoms with E-state index in [-0.39, 0.29) is 6.61 Å². The van der Waals surface area contributed by atoms with E-state index < -0.39 is 57.5 Å². The lowest BCUT2D eigenvalue weighted by molar-refractivity contribution is -0.0515. The zero-order chi connectivity index (χ0) is 18.9. The molecule has 1 aromatic carbocycles. The average molecular weight is 360 g/mol. The maximum Gasteiger partial charge on any atom is 0.387 e. The molecule has 0 aliphatic heterocycles. The van der Waals surface area contributed by atoms with Crippen LogP contribution in [0.5, 0.6) is 5.75 Å². The molecule has 134 valence electrons. The number of nitrogen functional groups attached to an aromatic ring is 1. The summed E-state index contributed by atoms with van der Waals surface area (Å²) in [7, 11) is 0. The zero-order valence-corrected chi connectivity index (χ0v) is 12.8. The molecule has 1 heterocycles. The Balaban J connectivity index is 3.03. The number of rotatable bonds is 5. The van der Waals surface area contributed by atoms with Crippen molar-refractivity contribution in [2.24, 2.45) is 0 Å². The van der Waals surface area contributed by atoms with Gasteiger partial charge in [-0.15, -0.1) is 0 Å². The number of anilines is 1. The summed E-state index contributed by atoms with van der Waals surface area (Å²) in [6.45, 7) is 1.30. The second-order valence-corrected chi connectivity index (χ2v) is 4.66. The summed E-state index contributed by atoms with van der Waals surface area (Å²) in [6, 6.07) is 0. The first kappa shape index (κ1) is 18.3. The predicted molar refractivity (Wildman–Crippen MR) is 81.5 cm³/mol. The fourth-order valence-corrected chi connectivity index (χ4v) is 2.24. The van der Waals surface area contributed by atoms with Gasteiger partial charge in [-0.2, -0.15) is 13.2 Å². The van der Waals surface area contributed by atoms with Crippen LogP contribution in [0.25, 0.3) is 17.1 Å². The van der Waals surface area contributed by atoms with E-state index in [0.717, 1.165) is 17.0 Å². The highest BCUT2D eigenvalue weighted by atomic mass is 19.3. The number of alkyl halides is 2. The van der Waals surface area contributed by atoms with Gasteiger partial charge in [0.05, 0.1) is 17.7 Å². The highest BCUT2D eigenvalue weighted by molar-refractivity contribution is 6.01. The number of hydrogen-bond donors (Lipinski definition) is 1. The first-order chi connectivity index (χ1) is 11.7. The van der Waals surface area contributed by atoms with E-state index in [4.69, 9.17) is 10.5 Å². The third-order valence-corrected chi connectivity index (χ3v) is 3.25. The van der Waals surface area contributed by atoms with Gasteiger partial charge in [-0.25, -0.2) is 9.18 Å². The second-order valence-electron chi connectivity index (χ2n) is 4.66. The van der Waals surface area contributed by atoms with Gasteiger partial charge in [0.25, 0.3) is 0 Å². The topological polar surface area (TPSA) is 83.5 Å². The van der Waals surface area contributed by atoms with Crippen molar-refractivity contribution in [3.05, 3.63) is 40.2 Å². The molecule has 1 aromatic heterocycles. The number of carbonyl (C=O) groups excluding carboxylic acids is 1. The molecule has 0 bridgehead atoms. The van der Waals surface area contributed by atoms with Gasteiger partial charge in [0.1, 0.15) is 11.1 Å². The lowest BCUT2D eigenvalue weighted by Gasteiger charge is -2.16. The standard InChI is InChI=1S/C15H12F4N2O4/c1-3-21-5-6(14(23)24-4-2)12(22)7-10(20)8(16)9(17)13(11(7)21)25-15(18)19/h3,5,15H,1,4,20H2,2H3. The van der Waals surface area contributed by atoms with E-state index in [9.17, 15) is 27.2 Å². The summed E-state index contributed by atoms with van der Waals surface area (Å²) >= 11 is 0. The van der Waals surface area contributed by atoms with Gasteiger partial charge < -0.3 is 19.8 Å². The average Bonchev–Trinajstić information content (AvgIpc) is 2.56. The summed E-state index contributed by atoms with van der Waals surface area (Å²) in [5, 5.41) is -0.708. The van der Waals surface area contributed by atoms with Crippen LogP contribution in [0.3, 0.4) is 0 Å². The molecule has 0 atom stereocenters. The van der Waals surface area contributed by atoms with Gasteiger partial charge in [0, 0.05) is 12.4 Å². The van der Waals surface area contributed by atoms with Crippen molar-refractivity contribution in [3.8, 4) is 5.75 Å². The highest BCUT2D eigenvalue weighted by Gasteiger charge is 2.28. The number of hydrogen-bond acceptors (Lipinski definition) is 5. The molecule has 2 aromatic rings. The number of aromatic nitrogens is 1. The Labute approximate surface area is 138 Å². The Morgan fingerprint density at radius 1 is 1.40 bits per heavy atom. The number of esters is 1. The van der Waals surface area contributed by atoms with Gasteiger partial charge in [-0.3, -0.25) is 4.79 Å². The van der Waals surface area contributed by atoms with E-state index in [1.54, 1.807) is 0 Å². The van der Waals surface area contributed by atoms with Crippen molar-refractivity contribution >= 4 is 28.8 Å². The van der Waals surface area contributed by atoms with Crippen molar-refractivity contribution in [1.82, 2.24) is 4.57 Å². The van der Waals surface area contributed by atoms with Gasteiger partial charge in [0.15, 0.2) is 11.6 Å². The molecule has 6 nitrogen and oxygen atoms in total. The molecule has 2 rings (SSSR count). The molecular formula is C15H12F4N2O4. The molecule has 0 spiro atoms. The number of nitrogens with two attached hydrogens (primary N) is 1. The van der Waals surface area contributed by atoms with Gasteiger partial charge in [0.2, 0.25) is 11.2 Å². The first-order valence-corrected chi connectivity index (χ1v) is 6.84. The van der Waals surface area contributed by atoms with Crippen molar-refractivity contribution in [2.75, 3.05) is 12.3 Å². The Hall–Kier alpha value is -3.04. The molecule has 0 saturated carbocycles. The van der Waals surface area contributed by atoms with Crippen LogP contribution < -0.4 is 15.9 Å². The fraction of sp³-hybridized carbons (Fsp3) is 0.200. The zero-order valence-electron chi connectivity index (χ0n) is 12.8. The van der Waals surface area contributed by atoms with Crippen LogP contribution in [0.15, 0.2) is 17.6 Å². The third-order valence-electron chi connectivity index (χ3n) is 3.25. The van der Waals surface area contributed by atoms with E-state index in [2.05, 4.69) is 11.3 Å². The molecule has 0 aliphatic carbocycles. The minimum Gasteiger partial charge on any atom is -0.462 e. The van der Waals surface area contributed by atoms with Crippen molar-refractivity contribution in [2.45, 2.75) is 13.5 Å². The lowest BCUT2D eigenvalue weighted by Crippen LogP contribution is -2.22. The van der Waals surface area contributed by atoms with Gasteiger partial charge in [-0.05, 0) is 6.92 Å². The molecule has 0 saturated heterocycles. The minimum absolute atomic E-state index is 0.0581. The monoisotopic (exact) mass is 360 g/mol. The van der Waals surface area contributed by atoms with Crippen molar-refractivity contribution in [3.63, 3.8) is 0 Å². The van der Waals surface area contributed by atoms with E-state index in [1.165, 1.54) is 6.92 Å². The summed E-state index contributed by atoms with van der Waals surface area (Å²) in [5.74, 6) is -5.84. The van der Waals surface area contributed by atoms with Crippen molar-refractivity contribution in [1.29, 1.82) is 0 Å². The predicted octanol–water partition coefficient (Wildman–Crippen LogP) is 2.74. The van der Waals surface area contributed by atoms with E-state index >= 15 is 0 Å². The smallest absolute Gasteiger partial charge is 0.387 e. The normalized spacial score (nSPS) is 11.0. The molecular weight excluding hydrogens is 348 g/mol. The maximum absolute atomic E-state index is 14.0. The minimum atomic E-state index is -3.50. The van der Waals surface area contributed by atoms with Crippen LogP contribution in [0.2, 0.25) is 0 Å².